The number of nitrogens with one attached hydrogen (secondary N) is 1. The largest absolute Gasteiger partial charge is 1.00 e. The van der Waals surface area contributed by atoms with Gasteiger partial charge in [-0.2, -0.15) is 23.5 Å². The van der Waals surface area contributed by atoms with E-state index in [1.165, 1.54) is 11.6 Å². The number of thioether (sulfide) groups is 2. The van der Waals surface area contributed by atoms with Crippen molar-refractivity contribution in [3.8, 4) is 16.9 Å². The van der Waals surface area contributed by atoms with Crippen LogP contribution >= 0.6 is 23.5 Å². The van der Waals surface area contributed by atoms with Crippen LogP contribution in [0.15, 0.2) is 100 Å². The zero-order valence-electron chi connectivity index (χ0n) is 35.7. The number of carboxylic acids is 1. The zero-order chi connectivity index (χ0) is 36.3. The van der Waals surface area contributed by atoms with Crippen LogP contribution in [0.2, 0.25) is 0 Å². The fourth-order valence-corrected chi connectivity index (χ4v) is 7.67. The standard InChI is InChI=1S/C40H40N2O5S2.C2H6.3CH3.3K/c1-3-48-21-19-42(20-22-49-4-2)25-27-9-5-8-12-35(27)41-24-34-36(44)18-17-33-37(30-10-6-7-11-31(30)40(45)46)32-15-13-26-23-28(43)14-16-29(26)38(32)47-39(33)34;1-2;;;;;;/h5-18,23,41,44H,3-4,19-22,24-25H2,1-2H3,(H,45,46);1-2H3;3*1H3;;;/q;;3*-1;3*+1. The molecule has 0 unspecified atom stereocenters. The number of aromatic hydroxyl groups is 1. The van der Waals surface area contributed by atoms with Crippen LogP contribution in [0.4, 0.5) is 5.69 Å². The summed E-state index contributed by atoms with van der Waals surface area (Å²) in [4.78, 5) is 27.2. The smallest absolute Gasteiger partial charge is 0.507 e. The fraction of sp³-hybridized carbons (Fsp3) is 0.267. The van der Waals surface area contributed by atoms with Gasteiger partial charge in [0.2, 0.25) is 0 Å². The van der Waals surface area contributed by atoms with E-state index in [0.717, 1.165) is 53.7 Å². The van der Waals surface area contributed by atoms with Crippen molar-refractivity contribution >= 4 is 67.9 Å². The van der Waals surface area contributed by atoms with Crippen molar-refractivity contribution in [2.24, 2.45) is 0 Å². The van der Waals surface area contributed by atoms with Crippen LogP contribution in [0.3, 0.4) is 0 Å². The molecule has 0 aliphatic rings. The third-order valence-electron chi connectivity index (χ3n) is 8.73. The van der Waals surface area contributed by atoms with Gasteiger partial charge in [-0.15, -0.1) is 0 Å². The second kappa shape index (κ2) is 30.5. The van der Waals surface area contributed by atoms with Gasteiger partial charge in [0.25, 0.3) is 0 Å². The number of phenolic OH excluding ortho intramolecular Hbond substituents is 1. The number of carbonyl (C=O) groups is 1. The van der Waals surface area contributed by atoms with Crippen molar-refractivity contribution in [2.45, 2.75) is 40.8 Å². The number of hydrogen-bond donors (Lipinski definition) is 3. The molecule has 0 atom stereocenters. The zero-order valence-corrected chi connectivity index (χ0v) is 46.7. The Morgan fingerprint density at radius 3 is 1.98 bits per heavy atom. The maximum absolute atomic E-state index is 12.4. The molecule has 0 aliphatic carbocycles. The Kier molecular flexibility index (Phi) is 31.9. The number of fused-ring (bicyclic) bond motifs is 4. The predicted molar refractivity (Wildman–Crippen MR) is 237 cm³/mol. The molecule has 0 fully saturated rings. The van der Waals surface area contributed by atoms with Crippen LogP contribution in [0.5, 0.6) is 5.75 Å². The molecule has 5 aromatic carbocycles. The molecule has 0 saturated heterocycles. The van der Waals surface area contributed by atoms with Crippen molar-refractivity contribution < 1.29 is 174 Å². The average Bonchev–Trinajstić information content (AvgIpc) is 3.14. The van der Waals surface area contributed by atoms with E-state index in [4.69, 9.17) is 4.42 Å². The summed E-state index contributed by atoms with van der Waals surface area (Å²) in [5.74, 6) is 3.39. The minimum absolute atomic E-state index is 0. The Bertz CT molecular complexity index is 2190. The van der Waals surface area contributed by atoms with Gasteiger partial charge in [0.05, 0.1) is 11.1 Å². The SMILES string of the molecule is CC.CCSCCN(CCSCC)Cc1ccccc1NCc1c(O)ccc2c(-c3ccccc3C(=O)O)c3ccc4cc(=O)ccc4c3oc12.[CH3-].[CH3-].[CH3-].[K+].[K+].[K+]. The quantitative estimate of drug-likeness (QED) is 0.0473. The summed E-state index contributed by atoms with van der Waals surface area (Å²) in [6.07, 6.45) is 0. The van der Waals surface area contributed by atoms with Crippen LogP contribution < -0.4 is 165 Å². The van der Waals surface area contributed by atoms with E-state index in [9.17, 15) is 19.8 Å². The molecule has 6 rings (SSSR count). The summed E-state index contributed by atoms with van der Waals surface area (Å²) >= 11 is 3.91. The van der Waals surface area contributed by atoms with Crippen molar-refractivity contribution in [2.75, 3.05) is 41.4 Å². The molecule has 290 valence electrons. The van der Waals surface area contributed by atoms with Gasteiger partial charge in [-0.3, -0.25) is 9.69 Å². The van der Waals surface area contributed by atoms with Crippen LogP contribution in [-0.2, 0) is 13.1 Å². The van der Waals surface area contributed by atoms with E-state index in [1.54, 1.807) is 42.5 Å². The van der Waals surface area contributed by atoms with Crippen molar-refractivity contribution in [1.82, 2.24) is 4.90 Å². The van der Waals surface area contributed by atoms with Crippen molar-refractivity contribution in [3.63, 3.8) is 0 Å². The minimum atomic E-state index is -1.04. The third-order valence-corrected chi connectivity index (χ3v) is 10.5. The molecule has 3 N–H and O–H groups in total. The van der Waals surface area contributed by atoms with Gasteiger partial charge < -0.3 is 42.2 Å². The summed E-state index contributed by atoms with van der Waals surface area (Å²) in [5.41, 5.74) is 4.93. The van der Waals surface area contributed by atoms with E-state index >= 15 is 0 Å². The first-order chi connectivity index (χ1) is 24.9. The third kappa shape index (κ3) is 15.4. The van der Waals surface area contributed by atoms with Gasteiger partial charge >= 0.3 is 160 Å². The molecule has 0 saturated carbocycles. The number of hydrogen-bond acceptors (Lipinski definition) is 8. The molecule has 0 radical (unpaired) electrons. The van der Waals surface area contributed by atoms with Gasteiger partial charge in [0.1, 0.15) is 16.9 Å². The van der Waals surface area contributed by atoms with Crippen LogP contribution in [0.1, 0.15) is 49.2 Å². The van der Waals surface area contributed by atoms with E-state index in [1.807, 2.05) is 61.6 Å². The van der Waals surface area contributed by atoms with Crippen molar-refractivity contribution in [3.05, 3.63) is 140 Å². The number of nitrogens with zero attached hydrogens (tertiary/aromatic N) is 1. The molecule has 1 aromatic heterocycles. The average molecular weight is 885 g/mol. The van der Waals surface area contributed by atoms with Gasteiger partial charge in [-0.25, -0.2) is 4.79 Å². The van der Waals surface area contributed by atoms with Gasteiger partial charge in [0, 0.05) is 65.1 Å². The second-order valence-corrected chi connectivity index (χ2v) is 14.6. The first-order valence-corrected chi connectivity index (χ1v) is 19.9. The summed E-state index contributed by atoms with van der Waals surface area (Å²) in [5, 5.41) is 27.9. The molecule has 57 heavy (non-hydrogen) atoms. The summed E-state index contributed by atoms with van der Waals surface area (Å²) in [7, 11) is 0. The van der Waals surface area contributed by atoms with Crippen molar-refractivity contribution in [1.29, 1.82) is 0 Å². The van der Waals surface area contributed by atoms with E-state index in [-0.39, 0.29) is 200 Å². The van der Waals surface area contributed by atoms with E-state index < -0.39 is 5.97 Å². The van der Waals surface area contributed by atoms with Gasteiger partial charge in [-0.05, 0) is 76.5 Å². The second-order valence-electron chi connectivity index (χ2n) is 11.8. The topological polar surface area (TPSA) is 103 Å². The van der Waals surface area contributed by atoms with Crippen LogP contribution in [0, 0.1) is 22.3 Å². The number of anilines is 1. The first kappa shape index (κ1) is 59.6. The van der Waals surface area contributed by atoms with E-state index in [2.05, 4.69) is 42.3 Å². The predicted octanol–water partition coefficient (Wildman–Crippen LogP) is 2.48. The summed E-state index contributed by atoms with van der Waals surface area (Å²) < 4.78 is 6.70. The summed E-state index contributed by atoms with van der Waals surface area (Å²) in [6.45, 7) is 11.5. The Balaban J connectivity index is 0. The molecule has 0 amide bonds. The Hall–Kier alpha value is 0.469. The number of phenols is 1. The van der Waals surface area contributed by atoms with Gasteiger partial charge in [0.15, 0.2) is 5.43 Å². The first-order valence-electron chi connectivity index (χ1n) is 17.6. The number of aromatic carboxylic acids is 1. The normalized spacial score (nSPS) is 10.1. The maximum Gasteiger partial charge on any atom is 1.00 e. The maximum atomic E-state index is 12.4. The molecule has 7 nitrogen and oxygen atoms in total. The molecular formula is C45H55K3N2O5S2. The van der Waals surface area contributed by atoms with Gasteiger partial charge in [-0.1, -0.05) is 70.2 Å². The molecule has 1 heterocycles. The number of para-hydroxylation sites is 1. The number of benzene rings is 5. The Labute approximate surface area is 476 Å². The van der Waals surface area contributed by atoms with E-state index in [0.29, 0.717) is 44.0 Å². The van der Waals surface area contributed by atoms with Crippen LogP contribution in [0.25, 0.3) is 43.8 Å². The fourth-order valence-electron chi connectivity index (χ4n) is 6.31. The molecule has 0 spiro atoms. The molecule has 0 bridgehead atoms. The number of carboxylic acid groups (broad SMARTS) is 1. The molecule has 12 heteroatoms. The molecular weight excluding hydrogens is 830 g/mol. The Morgan fingerprint density at radius 1 is 0.754 bits per heavy atom. The molecule has 6 aromatic rings. The monoisotopic (exact) mass is 884 g/mol. The Morgan fingerprint density at radius 2 is 1.33 bits per heavy atom. The molecule has 0 aliphatic heterocycles. The summed E-state index contributed by atoms with van der Waals surface area (Å²) in [6, 6.07) is 27.2. The van der Waals surface area contributed by atoms with Crippen LogP contribution in [-0.4, -0.2) is 57.2 Å². The number of rotatable bonds is 15. The minimum Gasteiger partial charge on any atom is -0.507 e.